The molecule has 5 nitrogen and oxygen atoms in total. The lowest BCUT2D eigenvalue weighted by Gasteiger charge is -2.11. The van der Waals surface area contributed by atoms with Crippen LogP contribution in [0.4, 0.5) is 0 Å². The summed E-state index contributed by atoms with van der Waals surface area (Å²) < 4.78 is 1.30. The van der Waals surface area contributed by atoms with Crippen LogP contribution < -0.4 is 11.2 Å². The maximum atomic E-state index is 12.0. The van der Waals surface area contributed by atoms with E-state index in [-0.39, 0.29) is 17.5 Å². The lowest BCUT2D eigenvalue weighted by molar-refractivity contribution is 0.400. The number of rotatable bonds is 2. The molecule has 0 radical (unpaired) electrons. The Morgan fingerprint density at radius 3 is 2.65 bits per heavy atom. The molecule has 2 aromatic rings. The zero-order valence-electron chi connectivity index (χ0n) is 11.4. The maximum Gasteiger partial charge on any atom is 0.331 e. The SMILES string of the molecule is Cc1cccc(-c2c(O)n(C3CC3C)c(=O)[nH]c2=O)c1. The van der Waals surface area contributed by atoms with E-state index in [1.165, 1.54) is 4.57 Å². The van der Waals surface area contributed by atoms with Gasteiger partial charge in [-0.15, -0.1) is 0 Å². The molecule has 1 aromatic carbocycles. The first kappa shape index (κ1) is 12.7. The Bertz CT molecular complexity index is 788. The van der Waals surface area contributed by atoms with E-state index in [0.29, 0.717) is 11.5 Å². The molecule has 2 atom stereocenters. The molecule has 0 spiro atoms. The minimum atomic E-state index is -0.553. The van der Waals surface area contributed by atoms with E-state index in [4.69, 9.17) is 0 Å². The number of nitrogens with zero attached hydrogens (tertiary/aromatic N) is 1. The highest BCUT2D eigenvalue weighted by atomic mass is 16.3. The van der Waals surface area contributed by atoms with Crippen molar-refractivity contribution in [2.24, 2.45) is 5.92 Å². The quantitative estimate of drug-likeness (QED) is 0.875. The summed E-state index contributed by atoms with van der Waals surface area (Å²) >= 11 is 0. The molecule has 20 heavy (non-hydrogen) atoms. The first-order valence-electron chi connectivity index (χ1n) is 6.64. The van der Waals surface area contributed by atoms with Crippen LogP contribution in [0.5, 0.6) is 5.88 Å². The first-order valence-corrected chi connectivity index (χ1v) is 6.64. The van der Waals surface area contributed by atoms with E-state index in [1.807, 2.05) is 32.0 Å². The molecule has 2 unspecified atom stereocenters. The molecule has 0 aliphatic heterocycles. The molecule has 2 N–H and O–H groups in total. The van der Waals surface area contributed by atoms with Gasteiger partial charge in [0.15, 0.2) is 0 Å². The summed E-state index contributed by atoms with van der Waals surface area (Å²) in [5.74, 6) is 0.105. The van der Waals surface area contributed by atoms with Crippen LogP contribution in [0.2, 0.25) is 0 Å². The number of H-pyrrole nitrogens is 1. The summed E-state index contributed by atoms with van der Waals surface area (Å²) in [7, 11) is 0. The molecule has 0 amide bonds. The van der Waals surface area contributed by atoms with Gasteiger partial charge in [0.2, 0.25) is 5.88 Å². The number of hydrogen-bond acceptors (Lipinski definition) is 3. The minimum absolute atomic E-state index is 0.0251. The van der Waals surface area contributed by atoms with Crippen LogP contribution in [0.25, 0.3) is 11.1 Å². The molecule has 1 fully saturated rings. The molecule has 1 saturated carbocycles. The fraction of sp³-hybridized carbons (Fsp3) is 0.333. The largest absolute Gasteiger partial charge is 0.494 e. The number of aromatic amines is 1. The Morgan fingerprint density at radius 2 is 2.05 bits per heavy atom. The second-order valence-electron chi connectivity index (χ2n) is 5.48. The predicted octanol–water partition coefficient (Wildman–Crippen LogP) is 1.80. The molecule has 5 heteroatoms. The Morgan fingerprint density at radius 1 is 1.35 bits per heavy atom. The molecular formula is C15H16N2O3. The standard InChI is InChI=1S/C15H16N2O3/c1-8-4-3-5-10(6-8)12-13(18)16-15(20)17(14(12)19)11-7-9(11)2/h3-6,9,11,19H,7H2,1-2H3,(H,16,18,20). The zero-order valence-corrected chi connectivity index (χ0v) is 11.4. The van der Waals surface area contributed by atoms with Crippen molar-refractivity contribution >= 4 is 0 Å². The van der Waals surface area contributed by atoms with Crippen molar-refractivity contribution in [2.45, 2.75) is 26.3 Å². The van der Waals surface area contributed by atoms with Crippen LogP contribution in [0.1, 0.15) is 24.9 Å². The Labute approximate surface area is 115 Å². The lowest BCUT2D eigenvalue weighted by atomic mass is 10.1. The Kier molecular flexibility index (Phi) is 2.78. The topological polar surface area (TPSA) is 75.1 Å². The molecule has 1 aliphatic rings. The van der Waals surface area contributed by atoms with E-state index in [1.54, 1.807) is 6.07 Å². The molecule has 1 heterocycles. The number of hydrogen-bond donors (Lipinski definition) is 2. The van der Waals surface area contributed by atoms with Crippen molar-refractivity contribution in [1.29, 1.82) is 0 Å². The number of aromatic hydroxyl groups is 1. The number of aryl methyl sites for hydroxylation is 1. The number of aromatic nitrogens is 2. The van der Waals surface area contributed by atoms with Gasteiger partial charge in [-0.2, -0.15) is 0 Å². The summed E-state index contributed by atoms with van der Waals surface area (Å²) in [6.45, 7) is 3.92. The highest BCUT2D eigenvalue weighted by molar-refractivity contribution is 5.68. The minimum Gasteiger partial charge on any atom is -0.494 e. The van der Waals surface area contributed by atoms with Crippen LogP contribution in [0.3, 0.4) is 0 Å². The van der Waals surface area contributed by atoms with Crippen molar-refractivity contribution in [3.05, 3.63) is 50.7 Å². The summed E-state index contributed by atoms with van der Waals surface area (Å²) in [4.78, 5) is 26.2. The van der Waals surface area contributed by atoms with Gasteiger partial charge in [0.1, 0.15) is 5.56 Å². The fourth-order valence-corrected chi connectivity index (χ4v) is 2.57. The van der Waals surface area contributed by atoms with Crippen LogP contribution in [-0.2, 0) is 0 Å². The number of nitrogens with one attached hydrogen (secondary N) is 1. The third-order valence-corrected chi connectivity index (χ3v) is 3.82. The van der Waals surface area contributed by atoms with Crippen molar-refractivity contribution in [3.8, 4) is 17.0 Å². The molecule has 0 bridgehead atoms. The highest BCUT2D eigenvalue weighted by Crippen LogP contribution is 2.44. The van der Waals surface area contributed by atoms with Gasteiger partial charge >= 0.3 is 5.69 Å². The average molecular weight is 272 g/mol. The zero-order chi connectivity index (χ0) is 14.4. The van der Waals surface area contributed by atoms with Gasteiger partial charge in [-0.05, 0) is 24.8 Å². The third kappa shape index (κ3) is 1.95. The van der Waals surface area contributed by atoms with E-state index < -0.39 is 11.2 Å². The molecular weight excluding hydrogens is 256 g/mol. The smallest absolute Gasteiger partial charge is 0.331 e. The summed E-state index contributed by atoms with van der Waals surface area (Å²) in [5, 5.41) is 10.4. The summed E-state index contributed by atoms with van der Waals surface area (Å²) in [6.07, 6.45) is 0.840. The second-order valence-corrected chi connectivity index (χ2v) is 5.48. The fourth-order valence-electron chi connectivity index (χ4n) is 2.57. The number of benzene rings is 1. The van der Waals surface area contributed by atoms with Crippen molar-refractivity contribution in [2.75, 3.05) is 0 Å². The second kappa shape index (κ2) is 4.37. The third-order valence-electron chi connectivity index (χ3n) is 3.82. The monoisotopic (exact) mass is 272 g/mol. The van der Waals surface area contributed by atoms with E-state index in [2.05, 4.69) is 4.98 Å². The van der Waals surface area contributed by atoms with Gasteiger partial charge in [-0.3, -0.25) is 14.3 Å². The predicted molar refractivity (Wildman–Crippen MR) is 76.0 cm³/mol. The highest BCUT2D eigenvalue weighted by Gasteiger charge is 2.37. The van der Waals surface area contributed by atoms with Crippen LogP contribution in [0, 0.1) is 12.8 Å². The maximum absolute atomic E-state index is 12.0. The van der Waals surface area contributed by atoms with Crippen molar-refractivity contribution in [3.63, 3.8) is 0 Å². The average Bonchev–Trinajstić information content (AvgIpc) is 3.05. The van der Waals surface area contributed by atoms with Crippen molar-refractivity contribution in [1.82, 2.24) is 9.55 Å². The molecule has 0 saturated heterocycles. The van der Waals surface area contributed by atoms with Crippen LogP contribution in [0.15, 0.2) is 33.9 Å². The van der Waals surface area contributed by atoms with Gasteiger partial charge in [0.05, 0.1) is 0 Å². The molecule has 1 aliphatic carbocycles. The first-order chi connectivity index (χ1) is 9.49. The van der Waals surface area contributed by atoms with Crippen LogP contribution >= 0.6 is 0 Å². The normalized spacial score (nSPS) is 20.9. The van der Waals surface area contributed by atoms with Gasteiger partial charge < -0.3 is 5.11 Å². The van der Waals surface area contributed by atoms with Crippen molar-refractivity contribution < 1.29 is 5.11 Å². The Hall–Kier alpha value is -2.30. The molecule has 104 valence electrons. The van der Waals surface area contributed by atoms with Gasteiger partial charge in [0.25, 0.3) is 5.56 Å². The molecule has 1 aromatic heterocycles. The van der Waals surface area contributed by atoms with Gasteiger partial charge in [0, 0.05) is 6.04 Å². The van der Waals surface area contributed by atoms with E-state index in [0.717, 1.165) is 12.0 Å². The van der Waals surface area contributed by atoms with E-state index in [9.17, 15) is 14.7 Å². The van der Waals surface area contributed by atoms with Gasteiger partial charge in [-0.1, -0.05) is 36.8 Å². The Balaban J connectivity index is 2.26. The summed E-state index contributed by atoms with van der Waals surface area (Å²) in [6, 6.07) is 7.27. The summed E-state index contributed by atoms with van der Waals surface area (Å²) in [5.41, 5.74) is 0.665. The molecule has 3 rings (SSSR count). The van der Waals surface area contributed by atoms with Crippen LogP contribution in [-0.4, -0.2) is 14.7 Å². The lowest BCUT2D eigenvalue weighted by Crippen LogP contribution is -2.30. The van der Waals surface area contributed by atoms with E-state index >= 15 is 0 Å². The van der Waals surface area contributed by atoms with Gasteiger partial charge in [-0.25, -0.2) is 4.79 Å².